The number of carbonyl (C=O) groups excluding carboxylic acids is 1. The molecular weight excluding hydrogens is 318 g/mol. The predicted octanol–water partition coefficient (Wildman–Crippen LogP) is 1.86. The molecule has 6 heteroatoms. The summed E-state index contributed by atoms with van der Waals surface area (Å²) in [4.78, 5) is 26.3. The molecule has 0 saturated heterocycles. The third-order valence-corrected chi connectivity index (χ3v) is 4.74. The molecule has 1 aromatic carbocycles. The Bertz CT molecular complexity index is 788. The van der Waals surface area contributed by atoms with E-state index in [-0.39, 0.29) is 29.2 Å². The van der Waals surface area contributed by atoms with Crippen molar-refractivity contribution in [3.8, 4) is 5.69 Å². The molecule has 2 atom stereocenters. The Morgan fingerprint density at radius 2 is 1.92 bits per heavy atom. The molecule has 1 N–H and O–H groups in total. The molecule has 1 fully saturated rings. The van der Waals surface area contributed by atoms with Crippen LogP contribution in [0.1, 0.15) is 36.2 Å². The summed E-state index contributed by atoms with van der Waals surface area (Å²) in [6, 6.07) is 11.8. The highest BCUT2D eigenvalue weighted by Gasteiger charge is 2.26. The van der Waals surface area contributed by atoms with Gasteiger partial charge in [0.25, 0.3) is 11.5 Å². The van der Waals surface area contributed by atoms with Gasteiger partial charge in [-0.15, -0.1) is 0 Å². The summed E-state index contributed by atoms with van der Waals surface area (Å²) in [6.07, 6.45) is 3.49. The molecule has 1 saturated carbocycles. The van der Waals surface area contributed by atoms with Gasteiger partial charge in [-0.2, -0.15) is 9.78 Å². The number of hydrogen-bond donors (Lipinski definition) is 1. The van der Waals surface area contributed by atoms with Crippen molar-refractivity contribution < 1.29 is 9.90 Å². The Morgan fingerprint density at radius 1 is 1.20 bits per heavy atom. The number of amides is 1. The van der Waals surface area contributed by atoms with E-state index in [9.17, 15) is 14.7 Å². The van der Waals surface area contributed by atoms with Crippen molar-refractivity contribution in [2.24, 2.45) is 5.92 Å². The van der Waals surface area contributed by atoms with E-state index >= 15 is 0 Å². The Morgan fingerprint density at radius 3 is 2.64 bits per heavy atom. The molecule has 25 heavy (non-hydrogen) atoms. The van der Waals surface area contributed by atoms with E-state index < -0.39 is 0 Å². The van der Waals surface area contributed by atoms with Crippen LogP contribution in [0.15, 0.2) is 47.3 Å². The van der Waals surface area contributed by atoms with Crippen molar-refractivity contribution in [1.29, 1.82) is 0 Å². The maximum atomic E-state index is 12.7. The van der Waals surface area contributed by atoms with Crippen LogP contribution in [-0.2, 0) is 0 Å². The second-order valence-corrected chi connectivity index (χ2v) is 6.60. The highest BCUT2D eigenvalue weighted by Crippen LogP contribution is 2.25. The van der Waals surface area contributed by atoms with Crippen LogP contribution in [-0.4, -0.2) is 45.4 Å². The summed E-state index contributed by atoms with van der Waals surface area (Å²) in [5.41, 5.74) is 0.553. The van der Waals surface area contributed by atoms with E-state index in [1.165, 1.54) is 16.8 Å². The van der Waals surface area contributed by atoms with Crippen LogP contribution in [0.3, 0.4) is 0 Å². The lowest BCUT2D eigenvalue weighted by Gasteiger charge is -2.31. The smallest absolute Gasteiger partial charge is 0.274 e. The van der Waals surface area contributed by atoms with Crippen LogP contribution in [0, 0.1) is 5.92 Å². The van der Waals surface area contributed by atoms with Crippen molar-refractivity contribution in [3.63, 3.8) is 0 Å². The molecule has 1 aliphatic rings. The van der Waals surface area contributed by atoms with Gasteiger partial charge in [-0.25, -0.2) is 0 Å². The van der Waals surface area contributed by atoms with E-state index in [0.29, 0.717) is 12.2 Å². The molecule has 1 aromatic heterocycles. The van der Waals surface area contributed by atoms with E-state index in [2.05, 4.69) is 5.10 Å². The molecule has 0 spiro atoms. The van der Waals surface area contributed by atoms with E-state index in [4.69, 9.17) is 0 Å². The Hall–Kier alpha value is -2.47. The number of nitrogens with zero attached hydrogens (tertiary/aromatic N) is 3. The van der Waals surface area contributed by atoms with Crippen molar-refractivity contribution in [3.05, 3.63) is 58.5 Å². The minimum atomic E-state index is -0.352. The fourth-order valence-corrected chi connectivity index (χ4v) is 3.31. The van der Waals surface area contributed by atoms with Crippen molar-refractivity contribution in [1.82, 2.24) is 14.7 Å². The van der Waals surface area contributed by atoms with Gasteiger partial charge in [0, 0.05) is 25.6 Å². The minimum absolute atomic E-state index is 0.0997. The maximum absolute atomic E-state index is 12.7. The summed E-state index contributed by atoms with van der Waals surface area (Å²) >= 11 is 0. The fourth-order valence-electron chi connectivity index (χ4n) is 3.31. The first kappa shape index (κ1) is 17.4. The first-order valence-corrected chi connectivity index (χ1v) is 8.65. The standard InChI is InChI=1S/C19H23N3O3/c1-21(13-14-7-5-6-10-17(14)23)19(25)16-11-12-18(24)22(20-16)15-8-3-2-4-9-15/h2-4,8-9,11-12,14,17,23H,5-7,10,13H2,1H3/t14-,17+/m1/s1. The van der Waals surface area contributed by atoms with Gasteiger partial charge in [0.1, 0.15) is 5.69 Å². The van der Waals surface area contributed by atoms with Crippen molar-refractivity contribution in [2.75, 3.05) is 13.6 Å². The first-order chi connectivity index (χ1) is 12.1. The molecular formula is C19H23N3O3. The van der Waals surface area contributed by atoms with Gasteiger partial charge >= 0.3 is 0 Å². The monoisotopic (exact) mass is 341 g/mol. The average molecular weight is 341 g/mol. The normalized spacial score (nSPS) is 20.2. The second-order valence-electron chi connectivity index (χ2n) is 6.60. The van der Waals surface area contributed by atoms with Gasteiger partial charge in [-0.3, -0.25) is 9.59 Å². The largest absolute Gasteiger partial charge is 0.393 e. The zero-order valence-corrected chi connectivity index (χ0v) is 14.3. The zero-order valence-electron chi connectivity index (χ0n) is 14.3. The third-order valence-electron chi connectivity index (χ3n) is 4.74. The molecule has 6 nitrogen and oxygen atoms in total. The lowest BCUT2D eigenvalue weighted by Crippen LogP contribution is -2.39. The van der Waals surface area contributed by atoms with Gasteiger partial charge in [0.2, 0.25) is 0 Å². The summed E-state index contributed by atoms with van der Waals surface area (Å²) < 4.78 is 1.23. The highest BCUT2D eigenvalue weighted by atomic mass is 16.3. The Balaban J connectivity index is 1.79. The topological polar surface area (TPSA) is 75.4 Å². The predicted molar refractivity (Wildman–Crippen MR) is 94.8 cm³/mol. The van der Waals surface area contributed by atoms with Crippen LogP contribution in [0.25, 0.3) is 5.69 Å². The van der Waals surface area contributed by atoms with Gasteiger partial charge in [0.15, 0.2) is 0 Å². The van der Waals surface area contributed by atoms with Crippen LogP contribution in [0.2, 0.25) is 0 Å². The molecule has 3 rings (SSSR count). The zero-order chi connectivity index (χ0) is 17.8. The molecule has 0 bridgehead atoms. The summed E-state index contributed by atoms with van der Waals surface area (Å²) in [6.45, 7) is 0.492. The third kappa shape index (κ3) is 3.96. The fraction of sp³-hybridized carbons (Fsp3) is 0.421. The molecule has 1 heterocycles. The molecule has 0 unspecified atom stereocenters. The lowest BCUT2D eigenvalue weighted by molar-refractivity contribution is 0.0447. The Kier molecular flexibility index (Phi) is 5.28. The van der Waals surface area contributed by atoms with Crippen molar-refractivity contribution >= 4 is 5.91 Å². The average Bonchev–Trinajstić information content (AvgIpc) is 2.64. The number of rotatable bonds is 4. The van der Waals surface area contributed by atoms with E-state index in [0.717, 1.165) is 25.7 Å². The molecule has 2 aromatic rings. The van der Waals surface area contributed by atoms with Crippen LogP contribution in [0.5, 0.6) is 0 Å². The van der Waals surface area contributed by atoms with E-state index in [1.807, 2.05) is 18.2 Å². The number of aliphatic hydroxyl groups is 1. The minimum Gasteiger partial charge on any atom is -0.393 e. The number of carbonyl (C=O) groups is 1. The van der Waals surface area contributed by atoms with Gasteiger partial charge in [-0.05, 0) is 31.0 Å². The van der Waals surface area contributed by atoms with Gasteiger partial charge < -0.3 is 10.0 Å². The second kappa shape index (κ2) is 7.61. The SMILES string of the molecule is CN(C[C@H]1CCCC[C@@H]1O)C(=O)c1ccc(=O)n(-c2ccccc2)n1. The lowest BCUT2D eigenvalue weighted by atomic mass is 9.86. The quantitative estimate of drug-likeness (QED) is 0.921. The number of aromatic nitrogens is 2. The molecule has 0 aliphatic heterocycles. The van der Waals surface area contributed by atoms with Crippen LogP contribution >= 0.6 is 0 Å². The van der Waals surface area contributed by atoms with Gasteiger partial charge in [-0.1, -0.05) is 31.0 Å². The molecule has 1 amide bonds. The summed E-state index contributed by atoms with van der Waals surface area (Å²) in [7, 11) is 1.71. The van der Waals surface area contributed by atoms with Gasteiger partial charge in [0.05, 0.1) is 11.8 Å². The summed E-state index contributed by atoms with van der Waals surface area (Å²) in [5.74, 6) is -0.148. The number of benzene rings is 1. The molecule has 0 radical (unpaired) electrons. The Labute approximate surface area is 146 Å². The molecule has 132 valence electrons. The molecule has 1 aliphatic carbocycles. The maximum Gasteiger partial charge on any atom is 0.274 e. The van der Waals surface area contributed by atoms with Crippen LogP contribution in [0.4, 0.5) is 0 Å². The van der Waals surface area contributed by atoms with Crippen LogP contribution < -0.4 is 5.56 Å². The van der Waals surface area contributed by atoms with E-state index in [1.54, 1.807) is 24.1 Å². The summed E-state index contributed by atoms with van der Waals surface area (Å²) in [5, 5.41) is 14.3. The highest BCUT2D eigenvalue weighted by molar-refractivity contribution is 5.91. The van der Waals surface area contributed by atoms with Crippen molar-refractivity contribution in [2.45, 2.75) is 31.8 Å². The number of para-hydroxylation sites is 1. The number of hydrogen-bond acceptors (Lipinski definition) is 4. The number of aliphatic hydroxyl groups excluding tert-OH is 1. The first-order valence-electron chi connectivity index (χ1n) is 8.65.